The number of benzene rings is 2. The number of ketones is 1. The number of likely N-dealkylation sites (tertiary alicyclic amines) is 1. The Morgan fingerprint density at radius 3 is 2.07 bits per heavy atom. The van der Waals surface area contributed by atoms with Crippen LogP contribution in [-0.4, -0.2) is 59.0 Å². The predicted molar refractivity (Wildman–Crippen MR) is 156 cm³/mol. The number of oxazole rings is 1. The van der Waals surface area contributed by atoms with Crippen molar-refractivity contribution in [3.8, 4) is 22.6 Å². The first-order valence-corrected chi connectivity index (χ1v) is 14.4. The fourth-order valence-corrected chi connectivity index (χ4v) is 4.78. The van der Waals surface area contributed by atoms with Crippen LogP contribution in [0.3, 0.4) is 0 Å². The van der Waals surface area contributed by atoms with Gasteiger partial charge in [0.15, 0.2) is 5.76 Å². The van der Waals surface area contributed by atoms with Gasteiger partial charge < -0.3 is 24.5 Å². The van der Waals surface area contributed by atoms with Gasteiger partial charge in [-0.05, 0) is 52.7 Å². The molecule has 1 atom stereocenters. The van der Waals surface area contributed by atoms with Crippen molar-refractivity contribution in [2.75, 3.05) is 20.1 Å². The molecule has 11 heteroatoms. The Bertz CT molecular complexity index is 1260. The summed E-state index contributed by atoms with van der Waals surface area (Å²) in [5.74, 6) is -1.19. The highest BCUT2D eigenvalue weighted by Gasteiger charge is 2.38. The molecule has 43 heavy (non-hydrogen) atoms. The average molecular weight is 602 g/mol. The summed E-state index contributed by atoms with van der Waals surface area (Å²) < 4.78 is 38.2. The third-order valence-electron chi connectivity index (χ3n) is 7.19. The summed E-state index contributed by atoms with van der Waals surface area (Å²) in [7, 11) is 2.10. The number of carboxylic acids is 1. The number of amides is 1. The molecule has 0 aliphatic carbocycles. The van der Waals surface area contributed by atoms with Crippen LogP contribution < -0.4 is 5.32 Å². The first-order valence-electron chi connectivity index (χ1n) is 14.4. The van der Waals surface area contributed by atoms with Gasteiger partial charge in [0.1, 0.15) is 17.5 Å². The molecule has 2 N–H and O–H groups in total. The quantitative estimate of drug-likeness (QED) is 0.236. The number of hydrogen-bond donors (Lipinski definition) is 2. The smallest absolute Gasteiger partial charge is 0.475 e. The fraction of sp³-hybridized carbons (Fsp3) is 0.438. The van der Waals surface area contributed by atoms with Crippen LogP contribution in [0.5, 0.6) is 0 Å². The van der Waals surface area contributed by atoms with E-state index in [1.807, 2.05) is 60.7 Å². The third kappa shape index (κ3) is 10.7. The molecular weight excluding hydrogens is 563 g/mol. The molecule has 0 spiro atoms. The fourth-order valence-electron chi connectivity index (χ4n) is 4.78. The number of nitrogens with zero attached hydrogens (tertiary/aromatic N) is 2. The van der Waals surface area contributed by atoms with Gasteiger partial charge in [0, 0.05) is 23.5 Å². The number of aromatic nitrogens is 1. The van der Waals surface area contributed by atoms with Gasteiger partial charge in [-0.1, -0.05) is 73.5 Å². The highest BCUT2D eigenvalue weighted by molar-refractivity contribution is 5.80. The van der Waals surface area contributed by atoms with Crippen LogP contribution in [0.1, 0.15) is 63.8 Å². The van der Waals surface area contributed by atoms with Crippen molar-refractivity contribution >= 4 is 17.7 Å². The Balaban J connectivity index is 0.000000646. The number of Topliss-reactive ketones (excluding diaryl/α,β-unsaturated/α-hetero) is 1. The Hall–Kier alpha value is -3.99. The summed E-state index contributed by atoms with van der Waals surface area (Å²) in [6.45, 7) is 3.50. The van der Waals surface area contributed by atoms with Gasteiger partial charge in [0.05, 0.1) is 0 Å². The molecule has 0 unspecified atom stereocenters. The van der Waals surface area contributed by atoms with Crippen molar-refractivity contribution in [2.24, 2.45) is 5.92 Å². The molecule has 0 bridgehead atoms. The summed E-state index contributed by atoms with van der Waals surface area (Å²) in [4.78, 5) is 40.7. The lowest BCUT2D eigenvalue weighted by molar-refractivity contribution is -0.192. The first-order chi connectivity index (χ1) is 20.5. The lowest BCUT2D eigenvalue weighted by Gasteiger charge is -2.29. The second kappa shape index (κ2) is 16.0. The van der Waals surface area contributed by atoms with E-state index in [2.05, 4.69) is 17.3 Å². The molecule has 3 aromatic rings. The van der Waals surface area contributed by atoms with E-state index in [0.717, 1.165) is 68.4 Å². The molecule has 1 aliphatic heterocycles. The second-order valence-electron chi connectivity index (χ2n) is 10.7. The van der Waals surface area contributed by atoms with Crippen LogP contribution in [0.25, 0.3) is 22.6 Å². The zero-order valence-corrected chi connectivity index (χ0v) is 24.4. The number of carboxylic acid groups (broad SMARTS) is 1. The highest BCUT2D eigenvalue weighted by Crippen LogP contribution is 2.35. The van der Waals surface area contributed by atoms with Gasteiger partial charge in [0.2, 0.25) is 11.8 Å². The second-order valence-corrected chi connectivity index (χ2v) is 10.7. The third-order valence-corrected chi connectivity index (χ3v) is 7.19. The van der Waals surface area contributed by atoms with Crippen LogP contribution >= 0.6 is 0 Å². The molecule has 1 amide bonds. The zero-order valence-electron chi connectivity index (χ0n) is 24.4. The number of alkyl halides is 3. The summed E-state index contributed by atoms with van der Waals surface area (Å²) in [5.41, 5.74) is 2.72. The van der Waals surface area contributed by atoms with Crippen LogP contribution in [0.2, 0.25) is 0 Å². The van der Waals surface area contributed by atoms with Gasteiger partial charge in [-0.15, -0.1) is 0 Å². The maximum absolute atomic E-state index is 13.3. The van der Waals surface area contributed by atoms with E-state index >= 15 is 0 Å². The maximum Gasteiger partial charge on any atom is 0.490 e. The minimum absolute atomic E-state index is 0.0126. The molecule has 2 aromatic carbocycles. The SMILES string of the molecule is CC(=O)CCCCC[C@H](NC(=O)C1CCN(C)CC1)c1nc(-c2ccccc2)c(-c2ccccc2)o1.O=C(O)C(F)(F)F. The van der Waals surface area contributed by atoms with E-state index in [0.29, 0.717) is 18.1 Å². The molecule has 1 fully saturated rings. The molecular formula is C32H38F3N3O5. The van der Waals surface area contributed by atoms with E-state index < -0.39 is 12.1 Å². The first kappa shape index (κ1) is 33.5. The van der Waals surface area contributed by atoms with Gasteiger partial charge in [0.25, 0.3) is 0 Å². The topological polar surface area (TPSA) is 113 Å². The van der Waals surface area contributed by atoms with Crippen molar-refractivity contribution in [1.82, 2.24) is 15.2 Å². The van der Waals surface area contributed by atoms with Crippen molar-refractivity contribution in [2.45, 2.75) is 64.1 Å². The number of halogens is 3. The van der Waals surface area contributed by atoms with Crippen molar-refractivity contribution in [3.05, 3.63) is 66.6 Å². The Morgan fingerprint density at radius 1 is 0.977 bits per heavy atom. The molecule has 0 radical (unpaired) electrons. The van der Waals surface area contributed by atoms with E-state index in [1.54, 1.807) is 6.92 Å². The molecule has 1 saturated heterocycles. The van der Waals surface area contributed by atoms with Gasteiger partial charge in [-0.3, -0.25) is 4.79 Å². The van der Waals surface area contributed by atoms with Gasteiger partial charge in [-0.2, -0.15) is 13.2 Å². The number of unbranched alkanes of at least 4 members (excludes halogenated alkanes) is 2. The largest absolute Gasteiger partial charge is 0.490 e. The Kier molecular flexibility index (Phi) is 12.5. The average Bonchev–Trinajstić information content (AvgIpc) is 3.43. The summed E-state index contributed by atoms with van der Waals surface area (Å²) in [6.07, 6.45) is 0.642. The van der Waals surface area contributed by atoms with E-state index in [9.17, 15) is 22.8 Å². The number of rotatable bonds is 11. The molecule has 1 aliphatic rings. The van der Waals surface area contributed by atoms with Crippen molar-refractivity contribution in [3.63, 3.8) is 0 Å². The zero-order chi connectivity index (χ0) is 31.4. The number of carbonyl (C=O) groups is 3. The van der Waals surface area contributed by atoms with Crippen LogP contribution in [-0.2, 0) is 14.4 Å². The minimum atomic E-state index is -5.08. The molecule has 4 rings (SSSR count). The lowest BCUT2D eigenvalue weighted by Crippen LogP contribution is -2.40. The number of nitrogens with one attached hydrogen (secondary N) is 1. The number of piperidine rings is 1. The lowest BCUT2D eigenvalue weighted by atomic mass is 9.95. The van der Waals surface area contributed by atoms with Crippen molar-refractivity contribution in [1.29, 1.82) is 0 Å². The van der Waals surface area contributed by atoms with Crippen molar-refractivity contribution < 1.29 is 37.1 Å². The normalized spacial score (nSPS) is 14.8. The number of carbonyl (C=O) groups excluding carboxylic acids is 2. The molecule has 2 heterocycles. The maximum atomic E-state index is 13.3. The van der Waals surface area contributed by atoms with Crippen LogP contribution in [0, 0.1) is 5.92 Å². The summed E-state index contributed by atoms with van der Waals surface area (Å²) >= 11 is 0. The van der Waals surface area contributed by atoms with E-state index in [4.69, 9.17) is 19.3 Å². The Morgan fingerprint density at radius 2 is 1.53 bits per heavy atom. The van der Waals surface area contributed by atoms with E-state index in [-0.39, 0.29) is 23.7 Å². The van der Waals surface area contributed by atoms with Crippen LogP contribution in [0.4, 0.5) is 13.2 Å². The van der Waals surface area contributed by atoms with Gasteiger partial charge in [-0.25, -0.2) is 9.78 Å². The summed E-state index contributed by atoms with van der Waals surface area (Å²) in [6, 6.07) is 19.7. The van der Waals surface area contributed by atoms with E-state index in [1.165, 1.54) is 0 Å². The Labute approximate surface area is 249 Å². The highest BCUT2D eigenvalue weighted by atomic mass is 19.4. The molecule has 232 valence electrons. The predicted octanol–water partition coefficient (Wildman–Crippen LogP) is 6.68. The summed E-state index contributed by atoms with van der Waals surface area (Å²) in [5, 5.41) is 10.4. The van der Waals surface area contributed by atoms with Gasteiger partial charge >= 0.3 is 12.1 Å². The number of aliphatic carboxylic acids is 1. The minimum Gasteiger partial charge on any atom is -0.475 e. The molecule has 8 nitrogen and oxygen atoms in total. The standard InChI is InChI=1S/C30H37N3O3.C2HF3O2/c1-22(34)12-6-3-11-17-26(31-29(35)25-18-20-33(2)21-19-25)30-32-27(23-13-7-4-8-14-23)28(36-30)24-15-9-5-10-16-24;3-2(4,5)1(6)7/h4-5,7-10,13-16,25-26H,3,6,11-12,17-21H2,1-2H3,(H,31,35);(H,6,7)/t26-;/m0./s1. The van der Waals surface area contributed by atoms with Crippen LogP contribution in [0.15, 0.2) is 65.1 Å². The molecule has 1 aromatic heterocycles. The number of hydrogen-bond acceptors (Lipinski definition) is 6. The monoisotopic (exact) mass is 601 g/mol. The molecule has 0 saturated carbocycles.